The molecule has 1 fully saturated rings. The van der Waals surface area contributed by atoms with Crippen molar-refractivity contribution in [2.24, 2.45) is 5.41 Å². The highest BCUT2D eigenvalue weighted by Crippen LogP contribution is 2.26. The molecular formula is C10H19N. The molecule has 1 N–H and O–H groups in total. The first-order valence-electron chi connectivity index (χ1n) is 4.50. The Labute approximate surface area is 69.9 Å². The second-order valence-corrected chi connectivity index (χ2v) is 4.22. The lowest BCUT2D eigenvalue weighted by molar-refractivity contribution is 0.241. The molecule has 0 spiro atoms. The lowest BCUT2D eigenvalue weighted by Gasteiger charge is -2.34. The zero-order chi connectivity index (χ0) is 8.32. The van der Waals surface area contributed by atoms with Crippen molar-refractivity contribution in [3.8, 4) is 0 Å². The Morgan fingerprint density at radius 2 is 2.18 bits per heavy atom. The normalized spacial score (nSPS) is 31.0. The quantitative estimate of drug-likeness (QED) is 0.570. The van der Waals surface area contributed by atoms with Gasteiger partial charge in [0.15, 0.2) is 0 Å². The largest absolute Gasteiger partial charge is 0.310 e. The second-order valence-electron chi connectivity index (χ2n) is 4.22. The van der Waals surface area contributed by atoms with Crippen LogP contribution in [0.15, 0.2) is 12.2 Å². The number of piperidine rings is 1. The van der Waals surface area contributed by atoms with Crippen molar-refractivity contribution in [3.05, 3.63) is 12.2 Å². The Morgan fingerprint density at radius 3 is 2.64 bits per heavy atom. The molecule has 1 nitrogen and oxygen atoms in total. The van der Waals surface area contributed by atoms with Gasteiger partial charge in [-0.3, -0.25) is 0 Å². The molecule has 1 rings (SSSR count). The van der Waals surface area contributed by atoms with Gasteiger partial charge in [0.25, 0.3) is 0 Å². The first-order chi connectivity index (χ1) is 5.14. The van der Waals surface area contributed by atoms with E-state index in [0.717, 1.165) is 6.54 Å². The van der Waals surface area contributed by atoms with E-state index in [1.807, 2.05) is 0 Å². The third-order valence-corrected chi connectivity index (χ3v) is 2.40. The van der Waals surface area contributed by atoms with Gasteiger partial charge in [-0.15, -0.1) is 0 Å². The maximum Gasteiger partial charge on any atom is 0.0250 e. The van der Waals surface area contributed by atoms with Crippen LogP contribution in [-0.4, -0.2) is 12.6 Å². The van der Waals surface area contributed by atoms with Gasteiger partial charge in [-0.05, 0) is 25.2 Å². The van der Waals surface area contributed by atoms with Crippen molar-refractivity contribution in [2.45, 2.75) is 39.7 Å². The summed E-state index contributed by atoms with van der Waals surface area (Å²) < 4.78 is 0. The van der Waals surface area contributed by atoms with Crippen LogP contribution >= 0.6 is 0 Å². The van der Waals surface area contributed by atoms with E-state index < -0.39 is 0 Å². The summed E-state index contributed by atoms with van der Waals surface area (Å²) in [5.41, 5.74) is 0.512. The molecule has 0 aliphatic carbocycles. The summed E-state index contributed by atoms with van der Waals surface area (Å²) >= 11 is 0. The predicted octanol–water partition coefficient (Wildman–Crippen LogP) is 2.34. The van der Waals surface area contributed by atoms with Crippen molar-refractivity contribution < 1.29 is 0 Å². The van der Waals surface area contributed by atoms with Crippen molar-refractivity contribution in [1.29, 1.82) is 0 Å². The minimum Gasteiger partial charge on any atom is -0.310 e. The maximum absolute atomic E-state index is 3.52. The molecule has 0 radical (unpaired) electrons. The highest BCUT2D eigenvalue weighted by molar-refractivity contribution is 4.95. The molecule has 1 aliphatic rings. The summed E-state index contributed by atoms with van der Waals surface area (Å²) in [6, 6.07) is 0.632. The van der Waals surface area contributed by atoms with Gasteiger partial charge >= 0.3 is 0 Å². The van der Waals surface area contributed by atoms with Crippen molar-refractivity contribution in [1.82, 2.24) is 5.32 Å². The fourth-order valence-corrected chi connectivity index (χ4v) is 1.54. The second kappa shape index (κ2) is 3.40. The first kappa shape index (κ1) is 8.79. The summed E-state index contributed by atoms with van der Waals surface area (Å²) in [6.45, 7) is 7.89. The Bertz CT molecular complexity index is 137. The Hall–Kier alpha value is -0.300. The lowest BCUT2D eigenvalue weighted by Crippen LogP contribution is -2.41. The predicted molar refractivity (Wildman–Crippen MR) is 49.6 cm³/mol. The van der Waals surface area contributed by atoms with Crippen LogP contribution in [0.5, 0.6) is 0 Å². The van der Waals surface area contributed by atoms with Gasteiger partial charge in [0, 0.05) is 12.6 Å². The SMILES string of the molecule is C/C=C\[C@H]1CCC(C)(C)CN1. The summed E-state index contributed by atoms with van der Waals surface area (Å²) in [5.74, 6) is 0. The van der Waals surface area contributed by atoms with Crippen LogP contribution in [0.3, 0.4) is 0 Å². The van der Waals surface area contributed by atoms with Crippen molar-refractivity contribution >= 4 is 0 Å². The first-order valence-corrected chi connectivity index (χ1v) is 4.50. The molecule has 0 unspecified atom stereocenters. The number of allylic oxidation sites excluding steroid dienone is 1. The van der Waals surface area contributed by atoms with E-state index >= 15 is 0 Å². The molecule has 0 aromatic rings. The number of hydrogen-bond acceptors (Lipinski definition) is 1. The van der Waals surface area contributed by atoms with Crippen molar-refractivity contribution in [2.75, 3.05) is 6.54 Å². The molecule has 0 amide bonds. The van der Waals surface area contributed by atoms with Crippen LogP contribution in [0.2, 0.25) is 0 Å². The zero-order valence-corrected chi connectivity index (χ0v) is 7.85. The molecule has 1 heterocycles. The summed E-state index contributed by atoms with van der Waals surface area (Å²) in [7, 11) is 0. The van der Waals surface area contributed by atoms with Crippen LogP contribution in [0.4, 0.5) is 0 Å². The molecule has 1 saturated heterocycles. The van der Waals surface area contributed by atoms with E-state index in [-0.39, 0.29) is 0 Å². The number of nitrogens with one attached hydrogen (secondary N) is 1. The average molecular weight is 153 g/mol. The van der Waals surface area contributed by atoms with Gasteiger partial charge in [0.05, 0.1) is 0 Å². The van der Waals surface area contributed by atoms with E-state index in [2.05, 4.69) is 38.2 Å². The maximum atomic E-state index is 3.52. The zero-order valence-electron chi connectivity index (χ0n) is 7.85. The molecular weight excluding hydrogens is 134 g/mol. The lowest BCUT2D eigenvalue weighted by atomic mass is 9.82. The molecule has 0 aromatic carbocycles. The average Bonchev–Trinajstić information content (AvgIpc) is 1.94. The Balaban J connectivity index is 2.36. The molecule has 1 atom stereocenters. The molecule has 1 aliphatic heterocycles. The van der Waals surface area contributed by atoms with Crippen molar-refractivity contribution in [3.63, 3.8) is 0 Å². The molecule has 0 saturated carbocycles. The van der Waals surface area contributed by atoms with E-state index in [1.165, 1.54) is 12.8 Å². The van der Waals surface area contributed by atoms with Gasteiger partial charge in [0.2, 0.25) is 0 Å². The third kappa shape index (κ3) is 2.66. The van der Waals surface area contributed by atoms with Crippen LogP contribution < -0.4 is 5.32 Å². The minimum absolute atomic E-state index is 0.512. The highest BCUT2D eigenvalue weighted by atomic mass is 14.9. The fourth-order valence-electron chi connectivity index (χ4n) is 1.54. The third-order valence-electron chi connectivity index (χ3n) is 2.40. The number of hydrogen-bond donors (Lipinski definition) is 1. The van der Waals surface area contributed by atoms with E-state index in [0.29, 0.717) is 11.5 Å². The van der Waals surface area contributed by atoms with E-state index in [9.17, 15) is 0 Å². The van der Waals surface area contributed by atoms with Crippen LogP contribution in [0.25, 0.3) is 0 Å². The fraction of sp³-hybridized carbons (Fsp3) is 0.800. The topological polar surface area (TPSA) is 12.0 Å². The summed E-state index contributed by atoms with van der Waals surface area (Å²) in [6.07, 6.45) is 7.03. The van der Waals surface area contributed by atoms with E-state index in [4.69, 9.17) is 0 Å². The highest BCUT2D eigenvalue weighted by Gasteiger charge is 2.24. The number of rotatable bonds is 1. The minimum atomic E-state index is 0.512. The molecule has 64 valence electrons. The van der Waals surface area contributed by atoms with E-state index in [1.54, 1.807) is 0 Å². The summed E-state index contributed by atoms with van der Waals surface area (Å²) in [5, 5.41) is 3.52. The molecule has 11 heavy (non-hydrogen) atoms. The Morgan fingerprint density at radius 1 is 1.45 bits per heavy atom. The standard InChI is InChI=1S/C10H19N/c1-4-5-9-6-7-10(2,3)8-11-9/h4-5,9,11H,6-8H2,1-3H3/b5-4-/t9-/m0/s1. The van der Waals surface area contributed by atoms with Gasteiger partial charge < -0.3 is 5.32 Å². The van der Waals surface area contributed by atoms with Gasteiger partial charge in [-0.25, -0.2) is 0 Å². The molecule has 0 aromatic heterocycles. The molecule has 1 heteroatoms. The monoisotopic (exact) mass is 153 g/mol. The Kier molecular flexibility index (Phi) is 2.72. The van der Waals surface area contributed by atoms with Gasteiger partial charge in [-0.1, -0.05) is 26.0 Å². The van der Waals surface area contributed by atoms with Gasteiger partial charge in [-0.2, -0.15) is 0 Å². The van der Waals surface area contributed by atoms with Crippen LogP contribution in [-0.2, 0) is 0 Å². The van der Waals surface area contributed by atoms with Gasteiger partial charge in [0.1, 0.15) is 0 Å². The summed E-state index contributed by atoms with van der Waals surface area (Å²) in [4.78, 5) is 0. The van der Waals surface area contributed by atoms with Crippen LogP contribution in [0, 0.1) is 5.41 Å². The smallest absolute Gasteiger partial charge is 0.0250 e. The van der Waals surface area contributed by atoms with Crippen LogP contribution in [0.1, 0.15) is 33.6 Å². The molecule has 0 bridgehead atoms.